The Balaban J connectivity index is 4.85. The summed E-state index contributed by atoms with van der Waals surface area (Å²) in [5.41, 5.74) is 5.07. The van der Waals surface area contributed by atoms with Crippen molar-refractivity contribution < 1.29 is 47.9 Å². The van der Waals surface area contributed by atoms with Gasteiger partial charge in [0.2, 0.25) is 59.1 Å². The van der Waals surface area contributed by atoms with Gasteiger partial charge < -0.3 is 54.7 Å². The first-order valence-electron chi connectivity index (χ1n) is 16.0. The number of hydrogen-bond acceptors (Lipinski definition) is 11. The molecule has 52 heavy (non-hydrogen) atoms. The van der Waals surface area contributed by atoms with Gasteiger partial charge in [-0.3, -0.25) is 47.9 Å². The van der Waals surface area contributed by atoms with E-state index in [1.54, 1.807) is 19.0 Å². The van der Waals surface area contributed by atoms with Crippen LogP contribution in [-0.4, -0.2) is 251 Å². The molecule has 0 radical (unpaired) electrons. The Morgan fingerprint density at radius 3 is 0.538 bits per heavy atom. The van der Waals surface area contributed by atoms with Gasteiger partial charge in [-0.05, 0) is 14.1 Å². The van der Waals surface area contributed by atoms with Crippen LogP contribution in [0.15, 0.2) is 0 Å². The average Bonchev–Trinajstić information content (AvgIpc) is 3.03. The molecule has 0 aliphatic carbocycles. The van der Waals surface area contributed by atoms with Gasteiger partial charge in [0.15, 0.2) is 0 Å². The number of hydrogen-bond donors (Lipinski definition) is 1. The van der Waals surface area contributed by atoms with Crippen molar-refractivity contribution in [3.63, 3.8) is 0 Å². The van der Waals surface area contributed by atoms with Gasteiger partial charge in [0, 0.05) is 63.4 Å². The molecule has 0 atom stereocenters. The van der Waals surface area contributed by atoms with Crippen LogP contribution in [0.4, 0.5) is 0 Å². The van der Waals surface area contributed by atoms with E-state index in [1.807, 2.05) is 0 Å². The van der Waals surface area contributed by atoms with Gasteiger partial charge in [-0.1, -0.05) is 0 Å². The van der Waals surface area contributed by atoms with E-state index < -0.39 is 85.9 Å². The molecule has 10 amide bonds. The highest BCUT2D eigenvalue weighted by molar-refractivity contribution is 5.93. The first kappa shape index (κ1) is 46.7. The van der Waals surface area contributed by atoms with Crippen LogP contribution in [0.25, 0.3) is 0 Å². The van der Waals surface area contributed by atoms with E-state index in [9.17, 15) is 47.9 Å². The molecule has 2 N–H and O–H groups in total. The lowest BCUT2D eigenvalue weighted by atomic mass is 10.3. The number of amides is 10. The largest absolute Gasteiger partial charge is 0.368 e. The highest BCUT2D eigenvalue weighted by atomic mass is 16.2. The van der Waals surface area contributed by atoms with Gasteiger partial charge in [-0.15, -0.1) is 0 Å². The molecule has 0 aliphatic heterocycles. The quantitative estimate of drug-likeness (QED) is 0.124. The molecule has 294 valence electrons. The zero-order valence-corrected chi connectivity index (χ0v) is 32.2. The van der Waals surface area contributed by atoms with Gasteiger partial charge in [0.05, 0.1) is 65.4 Å². The number of primary amides is 1. The predicted molar refractivity (Wildman–Crippen MR) is 186 cm³/mol. The lowest BCUT2D eigenvalue weighted by Crippen LogP contribution is -2.49. The van der Waals surface area contributed by atoms with Crippen LogP contribution in [0, 0.1) is 0 Å². The predicted octanol–water partition coefficient (Wildman–Crippen LogP) is -5.84. The van der Waals surface area contributed by atoms with Crippen LogP contribution >= 0.6 is 0 Å². The summed E-state index contributed by atoms with van der Waals surface area (Å²) in [6.07, 6.45) is 0. The third-order valence-electron chi connectivity index (χ3n) is 7.66. The Hall–Kier alpha value is -5.34. The molecule has 0 aliphatic rings. The third kappa shape index (κ3) is 17.1. The molecule has 0 saturated carbocycles. The van der Waals surface area contributed by atoms with E-state index >= 15 is 0 Å². The van der Waals surface area contributed by atoms with E-state index in [2.05, 4.69) is 0 Å². The van der Waals surface area contributed by atoms with Crippen molar-refractivity contribution >= 4 is 59.1 Å². The summed E-state index contributed by atoms with van der Waals surface area (Å²) in [5.74, 6) is -5.48. The van der Waals surface area contributed by atoms with Crippen LogP contribution in [0.5, 0.6) is 0 Å². The zero-order valence-electron chi connectivity index (χ0n) is 32.2. The number of likely N-dealkylation sites (N-methyl/N-ethyl adjacent to an activating group) is 10. The van der Waals surface area contributed by atoms with Gasteiger partial charge in [0.25, 0.3) is 0 Å². The van der Waals surface area contributed by atoms with Crippen molar-refractivity contribution in [2.24, 2.45) is 5.73 Å². The molecule has 0 fully saturated rings. The second-order valence-corrected chi connectivity index (χ2v) is 13.0. The SMILES string of the molecule is CN(C)CC(=O)N(C)CC(=O)N(C)CC(=O)N(C)CC(=O)N(C)CC(=O)N(C)CC(=O)N(C)CC(=O)N(C)CC(=O)N(C)CC(=O)N(C)CC(N)=O. The van der Waals surface area contributed by atoms with Crippen molar-refractivity contribution in [3.05, 3.63) is 0 Å². The second kappa shape index (κ2) is 21.8. The fraction of sp³-hybridized carbons (Fsp3) is 0.677. The Morgan fingerprint density at radius 1 is 0.269 bits per heavy atom. The fourth-order valence-corrected chi connectivity index (χ4v) is 4.01. The number of carbonyl (C=O) groups excluding carboxylic acids is 10. The Kier molecular flexibility index (Phi) is 19.5. The van der Waals surface area contributed by atoms with E-state index in [1.165, 1.54) is 68.3 Å². The van der Waals surface area contributed by atoms with Crippen molar-refractivity contribution in [1.29, 1.82) is 0 Å². The maximum atomic E-state index is 12.8. The molecule has 0 saturated heterocycles. The van der Waals surface area contributed by atoms with E-state index in [-0.39, 0.29) is 38.6 Å². The lowest BCUT2D eigenvalue weighted by Gasteiger charge is -2.27. The summed E-state index contributed by atoms with van der Waals surface area (Å²) in [5, 5.41) is 0. The van der Waals surface area contributed by atoms with Gasteiger partial charge >= 0.3 is 0 Å². The maximum absolute atomic E-state index is 12.8. The molecular formula is C31H55N11O10. The topological polar surface area (TPSA) is 229 Å². The van der Waals surface area contributed by atoms with Crippen LogP contribution in [0.2, 0.25) is 0 Å². The Morgan fingerprint density at radius 2 is 0.404 bits per heavy atom. The van der Waals surface area contributed by atoms with Gasteiger partial charge in [0.1, 0.15) is 0 Å². The molecule has 0 bridgehead atoms. The molecule has 0 aromatic rings. The highest BCUT2D eigenvalue weighted by Gasteiger charge is 2.25. The van der Waals surface area contributed by atoms with Gasteiger partial charge in [-0.2, -0.15) is 0 Å². The smallest absolute Gasteiger partial charge is 0.242 e. The van der Waals surface area contributed by atoms with Crippen LogP contribution < -0.4 is 5.73 Å². The minimum atomic E-state index is -0.714. The number of nitrogens with two attached hydrogens (primary N) is 1. The Bertz CT molecular complexity index is 1360. The second-order valence-electron chi connectivity index (χ2n) is 13.0. The van der Waals surface area contributed by atoms with Crippen molar-refractivity contribution in [2.45, 2.75) is 0 Å². The first-order chi connectivity index (χ1) is 23.9. The summed E-state index contributed by atoms with van der Waals surface area (Å²) >= 11 is 0. The fourth-order valence-electron chi connectivity index (χ4n) is 4.01. The lowest BCUT2D eigenvalue weighted by molar-refractivity contribution is -0.146. The monoisotopic (exact) mass is 741 g/mol. The number of carbonyl (C=O) groups is 10. The van der Waals surface area contributed by atoms with Crippen LogP contribution in [0.3, 0.4) is 0 Å². The summed E-state index contributed by atoms with van der Waals surface area (Å²) in [6.45, 7) is -3.17. The molecule has 0 rings (SSSR count). The average molecular weight is 742 g/mol. The molecule has 0 heterocycles. The van der Waals surface area contributed by atoms with Crippen LogP contribution in [-0.2, 0) is 47.9 Å². The molecule has 0 unspecified atom stereocenters. The summed E-state index contributed by atoms with van der Waals surface area (Å²) < 4.78 is 0. The molecule has 0 aromatic heterocycles. The zero-order chi connectivity index (χ0) is 40.6. The summed E-state index contributed by atoms with van der Waals surface area (Å²) in [6, 6.07) is 0. The first-order valence-corrected chi connectivity index (χ1v) is 16.0. The number of rotatable bonds is 20. The highest BCUT2D eigenvalue weighted by Crippen LogP contribution is 2.00. The third-order valence-corrected chi connectivity index (χ3v) is 7.66. The van der Waals surface area contributed by atoms with E-state index in [0.29, 0.717) is 0 Å². The minimum absolute atomic E-state index is 0.118. The summed E-state index contributed by atoms with van der Waals surface area (Å²) in [7, 11) is 15.8. The normalized spacial score (nSPS) is 10.5. The molecular weight excluding hydrogens is 686 g/mol. The maximum Gasteiger partial charge on any atom is 0.242 e. The number of nitrogens with zero attached hydrogens (tertiary/aromatic N) is 10. The van der Waals surface area contributed by atoms with Crippen molar-refractivity contribution in [3.8, 4) is 0 Å². The van der Waals surface area contributed by atoms with Crippen molar-refractivity contribution in [1.82, 2.24) is 49.0 Å². The van der Waals surface area contributed by atoms with Crippen LogP contribution in [0.1, 0.15) is 0 Å². The van der Waals surface area contributed by atoms with E-state index in [0.717, 1.165) is 39.2 Å². The molecule has 21 heteroatoms. The minimum Gasteiger partial charge on any atom is -0.368 e. The van der Waals surface area contributed by atoms with E-state index in [4.69, 9.17) is 5.73 Å². The molecule has 0 aromatic carbocycles. The standard InChI is InChI=1S/C31H55N11O10/c1-33(2)13-23(44)35(4)15-25(46)37(6)17-27(48)39(8)19-29(50)41(10)21-31(52)42(11)20-30(51)40(9)18-28(49)38(7)16-26(47)36(5)14-24(45)34(3)12-22(32)43/h12-21H2,1-11H3,(H2,32,43). The van der Waals surface area contributed by atoms with Gasteiger partial charge in [-0.25, -0.2) is 0 Å². The Labute approximate surface area is 304 Å². The summed E-state index contributed by atoms with van der Waals surface area (Å²) in [4.78, 5) is 135. The molecule has 0 spiro atoms. The molecule has 21 nitrogen and oxygen atoms in total. The van der Waals surface area contributed by atoms with Crippen molar-refractivity contribution in [2.75, 3.05) is 143 Å².